The molecule has 0 radical (unpaired) electrons. The lowest BCUT2D eigenvalue weighted by atomic mass is 10.3. The van der Waals surface area contributed by atoms with Gasteiger partial charge in [-0.15, -0.1) is 11.3 Å². The summed E-state index contributed by atoms with van der Waals surface area (Å²) in [5, 5.41) is 13.0. The van der Waals surface area contributed by atoms with Crippen LogP contribution >= 0.6 is 11.3 Å². The van der Waals surface area contributed by atoms with E-state index in [4.69, 9.17) is 5.11 Å². The normalized spacial score (nSPS) is 12.0. The molecule has 114 valence electrons. The molecule has 0 aliphatic rings. The molecule has 2 aromatic heterocycles. The highest BCUT2D eigenvalue weighted by molar-refractivity contribution is 7.91. The molecule has 2 aromatic rings. The zero-order valence-corrected chi connectivity index (χ0v) is 13.2. The number of thiophene rings is 1. The second-order valence-electron chi connectivity index (χ2n) is 4.48. The molecule has 0 spiro atoms. The summed E-state index contributed by atoms with van der Waals surface area (Å²) in [4.78, 5) is 11.1. The molecule has 21 heavy (non-hydrogen) atoms. The van der Waals surface area contributed by atoms with Gasteiger partial charge in [-0.05, 0) is 24.6 Å². The lowest BCUT2D eigenvalue weighted by Crippen LogP contribution is -2.29. The molecule has 0 aliphatic carbocycles. The van der Waals surface area contributed by atoms with E-state index in [2.05, 4.69) is 5.10 Å². The van der Waals surface area contributed by atoms with E-state index in [1.165, 1.54) is 17.4 Å². The fourth-order valence-electron chi connectivity index (χ4n) is 1.74. The van der Waals surface area contributed by atoms with Crippen LogP contribution < -0.4 is 0 Å². The van der Waals surface area contributed by atoms with E-state index < -0.39 is 16.0 Å². The van der Waals surface area contributed by atoms with E-state index in [1.807, 2.05) is 0 Å². The van der Waals surface area contributed by atoms with E-state index in [1.54, 1.807) is 30.1 Å². The second-order valence-corrected chi connectivity index (χ2v) is 7.80. The van der Waals surface area contributed by atoms with Gasteiger partial charge in [0.05, 0.1) is 6.54 Å². The number of carboxylic acid groups (broad SMARTS) is 1. The van der Waals surface area contributed by atoms with Gasteiger partial charge in [0, 0.05) is 26.0 Å². The van der Waals surface area contributed by atoms with Gasteiger partial charge < -0.3 is 5.11 Å². The summed E-state index contributed by atoms with van der Waals surface area (Å²) >= 11 is 0.775. The smallest absolute Gasteiger partial charge is 0.346 e. The van der Waals surface area contributed by atoms with E-state index >= 15 is 0 Å². The van der Waals surface area contributed by atoms with Crippen molar-refractivity contribution in [2.45, 2.75) is 17.7 Å². The molecular weight excluding hydrogens is 314 g/mol. The van der Waals surface area contributed by atoms with Gasteiger partial charge in [-0.2, -0.15) is 9.40 Å². The molecule has 7 nitrogen and oxygen atoms in total. The third-order valence-corrected chi connectivity index (χ3v) is 6.49. The van der Waals surface area contributed by atoms with Crippen molar-refractivity contribution in [3.05, 3.63) is 35.0 Å². The maximum Gasteiger partial charge on any atom is 0.346 e. The van der Waals surface area contributed by atoms with Gasteiger partial charge in [-0.25, -0.2) is 13.2 Å². The van der Waals surface area contributed by atoms with Crippen LogP contribution in [0.25, 0.3) is 0 Å². The predicted molar refractivity (Wildman–Crippen MR) is 78.1 cm³/mol. The van der Waals surface area contributed by atoms with Crippen LogP contribution in [-0.2, 0) is 16.6 Å². The van der Waals surface area contributed by atoms with E-state index in [0.29, 0.717) is 12.1 Å². The van der Waals surface area contributed by atoms with Crippen molar-refractivity contribution in [3.63, 3.8) is 0 Å². The second kappa shape index (κ2) is 5.96. The fourth-order valence-corrected chi connectivity index (χ4v) is 4.49. The minimum Gasteiger partial charge on any atom is -0.477 e. The number of sulfonamides is 1. The van der Waals surface area contributed by atoms with Crippen LogP contribution in [0.2, 0.25) is 0 Å². The quantitative estimate of drug-likeness (QED) is 0.861. The van der Waals surface area contributed by atoms with Crippen molar-refractivity contribution < 1.29 is 18.3 Å². The molecule has 0 bridgehead atoms. The number of nitrogens with zero attached hydrogens (tertiary/aromatic N) is 3. The summed E-state index contributed by atoms with van der Waals surface area (Å²) in [6.45, 7) is 2.27. The molecule has 0 saturated carbocycles. The molecule has 0 aromatic carbocycles. The zero-order valence-electron chi connectivity index (χ0n) is 11.6. The summed E-state index contributed by atoms with van der Waals surface area (Å²) in [7, 11) is -2.21. The molecule has 2 heterocycles. The van der Waals surface area contributed by atoms with Crippen molar-refractivity contribution in [2.24, 2.45) is 0 Å². The van der Waals surface area contributed by atoms with Crippen LogP contribution in [-0.4, -0.2) is 47.2 Å². The van der Waals surface area contributed by atoms with E-state index in [9.17, 15) is 13.2 Å². The summed E-state index contributed by atoms with van der Waals surface area (Å²) < 4.78 is 27.7. The highest BCUT2D eigenvalue weighted by Gasteiger charge is 2.25. The first-order valence-corrected chi connectivity index (χ1v) is 8.35. The van der Waals surface area contributed by atoms with Gasteiger partial charge in [0.1, 0.15) is 9.09 Å². The number of likely N-dealkylation sites (N-methyl/N-ethyl adjacent to an activating group) is 1. The van der Waals surface area contributed by atoms with Crippen molar-refractivity contribution in [3.8, 4) is 0 Å². The molecule has 1 N–H and O–H groups in total. The fraction of sp³-hybridized carbons (Fsp3) is 0.333. The minimum absolute atomic E-state index is 0.0420. The Morgan fingerprint density at radius 1 is 1.52 bits per heavy atom. The average molecular weight is 329 g/mol. The zero-order chi connectivity index (χ0) is 15.6. The molecule has 0 saturated heterocycles. The van der Waals surface area contributed by atoms with Crippen molar-refractivity contribution in [1.82, 2.24) is 14.1 Å². The van der Waals surface area contributed by atoms with Crippen molar-refractivity contribution in [1.29, 1.82) is 0 Å². The summed E-state index contributed by atoms with van der Waals surface area (Å²) in [6.07, 6.45) is 3.37. The number of aromatic carboxylic acids is 1. The van der Waals surface area contributed by atoms with Crippen molar-refractivity contribution in [2.75, 3.05) is 13.6 Å². The van der Waals surface area contributed by atoms with Crippen LogP contribution in [0.1, 0.15) is 15.2 Å². The Labute approximate surface area is 126 Å². The van der Waals surface area contributed by atoms with Crippen LogP contribution in [0.4, 0.5) is 0 Å². The standard InChI is InChI=1S/C12H15N3O4S2/c1-9-8-10(20-11(9)12(16)17)21(18,19)14(2)6-7-15-5-3-4-13-15/h3-5,8H,6-7H2,1-2H3,(H,16,17). The lowest BCUT2D eigenvalue weighted by molar-refractivity contribution is 0.0701. The monoisotopic (exact) mass is 329 g/mol. The molecule has 0 fully saturated rings. The predicted octanol–water partition coefficient (Wildman–Crippen LogP) is 1.27. The van der Waals surface area contributed by atoms with Crippen molar-refractivity contribution >= 4 is 27.3 Å². The number of aryl methyl sites for hydroxylation is 1. The van der Waals surface area contributed by atoms with Crippen LogP contribution in [0.3, 0.4) is 0 Å². The molecule has 0 atom stereocenters. The minimum atomic E-state index is -3.68. The van der Waals surface area contributed by atoms with Gasteiger partial charge in [-0.3, -0.25) is 4.68 Å². The number of hydrogen-bond acceptors (Lipinski definition) is 5. The third kappa shape index (κ3) is 3.31. The van der Waals surface area contributed by atoms with Gasteiger partial charge >= 0.3 is 5.97 Å². The Kier molecular flexibility index (Phi) is 4.45. The Morgan fingerprint density at radius 2 is 2.24 bits per heavy atom. The number of carbonyl (C=O) groups is 1. The number of rotatable bonds is 6. The summed E-state index contributed by atoms with van der Waals surface area (Å²) in [6, 6.07) is 3.16. The molecule has 0 amide bonds. The van der Waals surface area contributed by atoms with Crippen LogP contribution in [0, 0.1) is 6.92 Å². The highest BCUT2D eigenvalue weighted by atomic mass is 32.2. The van der Waals surface area contributed by atoms with Gasteiger partial charge in [0.15, 0.2) is 0 Å². The maximum absolute atomic E-state index is 12.4. The summed E-state index contributed by atoms with van der Waals surface area (Å²) in [5.41, 5.74) is 0.451. The highest BCUT2D eigenvalue weighted by Crippen LogP contribution is 2.27. The Bertz CT molecular complexity index is 735. The maximum atomic E-state index is 12.4. The molecule has 9 heteroatoms. The number of carboxylic acids is 1. The van der Waals surface area contributed by atoms with E-state index in [-0.39, 0.29) is 15.6 Å². The third-order valence-electron chi connectivity index (χ3n) is 2.96. The topological polar surface area (TPSA) is 92.5 Å². The summed E-state index contributed by atoms with van der Waals surface area (Å²) in [5.74, 6) is -1.11. The number of hydrogen-bond donors (Lipinski definition) is 1. The molecule has 0 unspecified atom stereocenters. The van der Waals surface area contributed by atoms with Crippen LogP contribution in [0.15, 0.2) is 28.7 Å². The van der Waals surface area contributed by atoms with Gasteiger partial charge in [-0.1, -0.05) is 0 Å². The first kappa shape index (κ1) is 15.7. The molecule has 0 aliphatic heterocycles. The number of aromatic nitrogens is 2. The SMILES string of the molecule is Cc1cc(S(=O)(=O)N(C)CCn2cccn2)sc1C(=O)O. The molecule has 2 rings (SSSR count). The first-order chi connectivity index (χ1) is 9.82. The Morgan fingerprint density at radius 3 is 2.76 bits per heavy atom. The largest absolute Gasteiger partial charge is 0.477 e. The van der Waals surface area contributed by atoms with E-state index in [0.717, 1.165) is 11.3 Å². The average Bonchev–Trinajstić information content (AvgIpc) is 3.04. The van der Waals surface area contributed by atoms with Crippen LogP contribution in [0.5, 0.6) is 0 Å². The lowest BCUT2D eigenvalue weighted by Gasteiger charge is -2.15. The molecular formula is C12H15N3O4S2. The first-order valence-electron chi connectivity index (χ1n) is 6.10. The van der Waals surface area contributed by atoms with Gasteiger partial charge in [0.2, 0.25) is 0 Å². The Balaban J connectivity index is 2.16. The van der Waals surface area contributed by atoms with Gasteiger partial charge in [0.25, 0.3) is 10.0 Å². The Hall–Kier alpha value is -1.71.